The maximum Gasteiger partial charge on any atom is 0.142 e. The number of benzene rings is 1. The van der Waals surface area contributed by atoms with Gasteiger partial charge < -0.3 is 15.4 Å². The van der Waals surface area contributed by atoms with Gasteiger partial charge in [0.2, 0.25) is 0 Å². The second-order valence-corrected chi connectivity index (χ2v) is 5.05. The van der Waals surface area contributed by atoms with Crippen molar-refractivity contribution in [2.24, 2.45) is 5.73 Å². The van der Waals surface area contributed by atoms with Gasteiger partial charge in [-0.3, -0.25) is 0 Å². The zero-order valence-corrected chi connectivity index (χ0v) is 11.1. The van der Waals surface area contributed by atoms with Crippen LogP contribution in [0.1, 0.15) is 12.8 Å². The minimum atomic E-state index is -0.786. The van der Waals surface area contributed by atoms with Crippen LogP contribution >= 0.6 is 11.6 Å². The third-order valence-electron chi connectivity index (χ3n) is 3.23. The Bertz CT molecular complexity index is 486. The van der Waals surface area contributed by atoms with Gasteiger partial charge in [-0.1, -0.05) is 11.6 Å². The Labute approximate surface area is 112 Å². The van der Waals surface area contributed by atoms with E-state index in [-0.39, 0.29) is 0 Å². The van der Waals surface area contributed by atoms with E-state index in [0.29, 0.717) is 11.6 Å². The van der Waals surface area contributed by atoms with Gasteiger partial charge >= 0.3 is 0 Å². The van der Waals surface area contributed by atoms with Crippen LogP contribution in [0.5, 0.6) is 5.75 Å². The number of nitrogens with zero attached hydrogens (tertiary/aromatic N) is 2. The number of hydrogen-bond acceptors (Lipinski definition) is 4. The standard InChI is InChI=1S/C13H16ClN3O/c1-18-12-4-3-10(14)7-11(12)17-6-2-5-13(16,8-15)9-17/h3-4,7H,2,5-6,9,16H2,1H3. The number of nitriles is 1. The quantitative estimate of drug-likeness (QED) is 0.890. The molecular weight excluding hydrogens is 250 g/mol. The van der Waals surface area contributed by atoms with E-state index >= 15 is 0 Å². The second kappa shape index (κ2) is 5.05. The largest absolute Gasteiger partial charge is 0.495 e. The molecule has 1 atom stereocenters. The van der Waals surface area contributed by atoms with Crippen LogP contribution in [0, 0.1) is 11.3 Å². The highest BCUT2D eigenvalue weighted by molar-refractivity contribution is 6.30. The highest BCUT2D eigenvalue weighted by Gasteiger charge is 2.32. The number of rotatable bonds is 2. The molecule has 2 rings (SSSR count). The lowest BCUT2D eigenvalue weighted by molar-refractivity contribution is 0.399. The summed E-state index contributed by atoms with van der Waals surface area (Å²) in [4.78, 5) is 2.07. The molecule has 0 aromatic heterocycles. The Morgan fingerprint density at radius 2 is 2.33 bits per heavy atom. The molecule has 18 heavy (non-hydrogen) atoms. The molecule has 0 bridgehead atoms. The summed E-state index contributed by atoms with van der Waals surface area (Å²) in [6.07, 6.45) is 1.61. The van der Waals surface area contributed by atoms with Gasteiger partial charge in [0.15, 0.2) is 0 Å². The van der Waals surface area contributed by atoms with Crippen molar-refractivity contribution in [2.45, 2.75) is 18.4 Å². The molecule has 0 saturated carbocycles. The molecule has 1 heterocycles. The molecule has 0 spiro atoms. The van der Waals surface area contributed by atoms with Gasteiger partial charge in [0.25, 0.3) is 0 Å². The fourth-order valence-corrected chi connectivity index (χ4v) is 2.46. The maximum absolute atomic E-state index is 9.14. The molecule has 0 amide bonds. The van der Waals surface area contributed by atoms with Crippen molar-refractivity contribution in [2.75, 3.05) is 25.1 Å². The smallest absolute Gasteiger partial charge is 0.142 e. The average Bonchev–Trinajstić information content (AvgIpc) is 2.39. The zero-order chi connectivity index (χ0) is 13.2. The van der Waals surface area contributed by atoms with Crippen LogP contribution in [0.25, 0.3) is 0 Å². The van der Waals surface area contributed by atoms with Crippen LogP contribution < -0.4 is 15.4 Å². The first-order chi connectivity index (χ1) is 8.58. The van der Waals surface area contributed by atoms with Crippen molar-refractivity contribution in [3.05, 3.63) is 23.2 Å². The van der Waals surface area contributed by atoms with E-state index in [4.69, 9.17) is 27.3 Å². The van der Waals surface area contributed by atoms with Gasteiger partial charge in [-0.2, -0.15) is 5.26 Å². The number of piperidine rings is 1. The van der Waals surface area contributed by atoms with E-state index < -0.39 is 5.54 Å². The topological polar surface area (TPSA) is 62.3 Å². The highest BCUT2D eigenvalue weighted by atomic mass is 35.5. The minimum Gasteiger partial charge on any atom is -0.495 e. The molecule has 1 aliphatic rings. The molecule has 1 fully saturated rings. The lowest BCUT2D eigenvalue weighted by Gasteiger charge is -2.37. The van der Waals surface area contributed by atoms with Crippen molar-refractivity contribution in [3.63, 3.8) is 0 Å². The third-order valence-corrected chi connectivity index (χ3v) is 3.46. The van der Waals surface area contributed by atoms with Crippen molar-refractivity contribution in [3.8, 4) is 11.8 Å². The summed E-state index contributed by atoms with van der Waals surface area (Å²) in [5.74, 6) is 0.751. The predicted molar refractivity (Wildman–Crippen MR) is 72.0 cm³/mol. The molecule has 5 heteroatoms. The lowest BCUT2D eigenvalue weighted by atomic mass is 9.91. The average molecular weight is 266 g/mol. The summed E-state index contributed by atoms with van der Waals surface area (Å²) < 4.78 is 5.33. The van der Waals surface area contributed by atoms with E-state index in [9.17, 15) is 0 Å². The van der Waals surface area contributed by atoms with Crippen LogP contribution in [0.3, 0.4) is 0 Å². The number of nitrogens with two attached hydrogens (primary N) is 1. The van der Waals surface area contributed by atoms with Crippen molar-refractivity contribution >= 4 is 17.3 Å². The first-order valence-corrected chi connectivity index (χ1v) is 6.24. The van der Waals surface area contributed by atoms with E-state index in [1.807, 2.05) is 12.1 Å². The Hall–Kier alpha value is -1.44. The van der Waals surface area contributed by atoms with E-state index in [2.05, 4.69) is 11.0 Å². The van der Waals surface area contributed by atoms with Crippen LogP contribution in [0.15, 0.2) is 18.2 Å². The normalized spacial score (nSPS) is 23.6. The zero-order valence-electron chi connectivity index (χ0n) is 10.3. The summed E-state index contributed by atoms with van der Waals surface area (Å²) in [5.41, 5.74) is 6.15. The maximum atomic E-state index is 9.14. The Morgan fingerprint density at radius 1 is 1.56 bits per heavy atom. The van der Waals surface area contributed by atoms with Crippen LogP contribution in [-0.2, 0) is 0 Å². The van der Waals surface area contributed by atoms with Crippen molar-refractivity contribution in [1.29, 1.82) is 5.26 Å². The first-order valence-electron chi connectivity index (χ1n) is 5.86. The lowest BCUT2D eigenvalue weighted by Crippen LogP contribution is -2.53. The summed E-state index contributed by atoms with van der Waals surface area (Å²) in [7, 11) is 1.62. The molecule has 1 aliphatic heterocycles. The van der Waals surface area contributed by atoms with Gasteiger partial charge in [0.05, 0.1) is 18.9 Å². The molecular formula is C13H16ClN3O. The molecule has 0 aliphatic carbocycles. The highest BCUT2D eigenvalue weighted by Crippen LogP contribution is 2.34. The predicted octanol–water partition coefficient (Wildman–Crippen LogP) is 2.17. The number of methoxy groups -OCH3 is 1. The monoisotopic (exact) mass is 265 g/mol. The van der Waals surface area contributed by atoms with Crippen LogP contribution in [-0.4, -0.2) is 25.7 Å². The van der Waals surface area contributed by atoms with E-state index in [0.717, 1.165) is 30.8 Å². The number of ether oxygens (including phenoxy) is 1. The summed E-state index contributed by atoms with van der Waals surface area (Å²) in [5, 5.41) is 9.79. The van der Waals surface area contributed by atoms with Crippen molar-refractivity contribution < 1.29 is 4.74 Å². The fourth-order valence-electron chi connectivity index (χ4n) is 2.29. The van der Waals surface area contributed by atoms with Gasteiger partial charge in [0, 0.05) is 18.1 Å². The Kier molecular flexibility index (Phi) is 3.65. The molecule has 1 aromatic carbocycles. The Balaban J connectivity index is 2.31. The molecule has 1 aromatic rings. The van der Waals surface area contributed by atoms with E-state index in [1.54, 1.807) is 13.2 Å². The molecule has 96 valence electrons. The summed E-state index contributed by atoms with van der Waals surface area (Å²) in [6, 6.07) is 7.66. The molecule has 0 radical (unpaired) electrons. The second-order valence-electron chi connectivity index (χ2n) is 4.61. The first kappa shape index (κ1) is 13.0. The van der Waals surface area contributed by atoms with Gasteiger partial charge in [-0.15, -0.1) is 0 Å². The molecule has 1 saturated heterocycles. The van der Waals surface area contributed by atoms with Gasteiger partial charge in [0.1, 0.15) is 11.3 Å². The summed E-state index contributed by atoms with van der Waals surface area (Å²) in [6.45, 7) is 1.36. The molecule has 4 nitrogen and oxygen atoms in total. The Morgan fingerprint density at radius 3 is 3.00 bits per heavy atom. The number of halogens is 1. The fraction of sp³-hybridized carbons (Fsp3) is 0.462. The van der Waals surface area contributed by atoms with Gasteiger partial charge in [-0.25, -0.2) is 0 Å². The summed E-state index contributed by atoms with van der Waals surface area (Å²) >= 11 is 6.02. The third kappa shape index (κ3) is 2.53. The number of anilines is 1. The SMILES string of the molecule is COc1ccc(Cl)cc1N1CCCC(N)(C#N)C1. The van der Waals surface area contributed by atoms with Crippen molar-refractivity contribution in [1.82, 2.24) is 0 Å². The van der Waals surface area contributed by atoms with Crippen LogP contribution in [0.2, 0.25) is 5.02 Å². The van der Waals surface area contributed by atoms with E-state index in [1.165, 1.54) is 0 Å². The molecule has 1 unspecified atom stereocenters. The molecule has 2 N–H and O–H groups in total. The minimum absolute atomic E-state index is 0.500. The van der Waals surface area contributed by atoms with Crippen LogP contribution in [0.4, 0.5) is 5.69 Å². The van der Waals surface area contributed by atoms with Gasteiger partial charge in [-0.05, 0) is 31.0 Å². The number of hydrogen-bond donors (Lipinski definition) is 1.